The van der Waals surface area contributed by atoms with Gasteiger partial charge >= 0.3 is 0 Å². The van der Waals surface area contributed by atoms with Gasteiger partial charge in [-0.25, -0.2) is 13.1 Å². The summed E-state index contributed by atoms with van der Waals surface area (Å²) in [6, 6.07) is 21.8. The molecule has 0 unspecified atom stereocenters. The first-order valence-corrected chi connectivity index (χ1v) is 15.9. The summed E-state index contributed by atoms with van der Waals surface area (Å²) in [6.45, 7) is -0.376. The number of halogens is 2. The summed E-state index contributed by atoms with van der Waals surface area (Å²) in [5.41, 5.74) is 1.92. The smallest absolute Gasteiger partial charge is 0.289 e. The van der Waals surface area contributed by atoms with E-state index in [0.29, 0.717) is 27.9 Å². The summed E-state index contributed by atoms with van der Waals surface area (Å²) >= 11 is 13.2. The molecule has 1 atom stereocenters. The van der Waals surface area contributed by atoms with Crippen LogP contribution in [0.1, 0.15) is 26.3 Å². The molecular formula is C30H25Cl2N3O6S2. The standard InChI is InChI=1S/C30H25Cl2N3O6S2/c31-22-9-10-24(32)23(17-22)29(38)35-25(16-19-5-2-1-3-6-19)28(37)30(39)33-13-14-34-43(40,41)27-12-11-26(42-27)21-8-4-7-20(15-21)18-36/h1-12,15,17-18,25,34H,13-14,16H2,(H,33,39)(H,35,38)/t25-/m0/s1. The monoisotopic (exact) mass is 657 g/mol. The van der Waals surface area contributed by atoms with Crippen LogP contribution in [0.25, 0.3) is 10.4 Å². The van der Waals surface area contributed by atoms with Crippen molar-refractivity contribution < 1.29 is 27.6 Å². The molecule has 0 saturated heterocycles. The zero-order chi connectivity index (χ0) is 31.0. The Bertz CT molecular complexity index is 1760. The Morgan fingerprint density at radius 3 is 2.40 bits per heavy atom. The van der Waals surface area contributed by atoms with Crippen LogP contribution in [-0.4, -0.2) is 51.4 Å². The first-order chi connectivity index (χ1) is 20.6. The van der Waals surface area contributed by atoms with E-state index >= 15 is 0 Å². The average molecular weight is 659 g/mol. The SMILES string of the molecule is O=Cc1cccc(-c2ccc(S(=O)(=O)NCCNC(=O)C(=O)[C@H](Cc3ccccc3)NC(=O)c3cc(Cl)ccc3Cl)s2)c1. The van der Waals surface area contributed by atoms with Crippen molar-refractivity contribution in [1.29, 1.82) is 0 Å². The molecule has 1 aromatic heterocycles. The van der Waals surface area contributed by atoms with Crippen molar-refractivity contribution >= 4 is 68.4 Å². The van der Waals surface area contributed by atoms with Gasteiger partial charge in [-0.15, -0.1) is 11.3 Å². The van der Waals surface area contributed by atoms with Crippen LogP contribution in [0.2, 0.25) is 10.0 Å². The fourth-order valence-corrected chi connectivity index (χ4v) is 6.78. The van der Waals surface area contributed by atoms with E-state index in [4.69, 9.17) is 23.2 Å². The van der Waals surface area contributed by atoms with Crippen molar-refractivity contribution in [1.82, 2.24) is 15.4 Å². The van der Waals surface area contributed by atoms with Gasteiger partial charge in [0.25, 0.3) is 11.8 Å². The molecule has 43 heavy (non-hydrogen) atoms. The number of nitrogens with one attached hydrogen (secondary N) is 3. The fraction of sp³-hybridized carbons (Fsp3) is 0.133. The topological polar surface area (TPSA) is 139 Å². The van der Waals surface area contributed by atoms with E-state index in [9.17, 15) is 27.6 Å². The number of hydrogen-bond acceptors (Lipinski definition) is 7. The third-order valence-electron chi connectivity index (χ3n) is 6.16. The molecule has 0 bridgehead atoms. The Morgan fingerprint density at radius 1 is 0.884 bits per heavy atom. The summed E-state index contributed by atoms with van der Waals surface area (Å²) in [7, 11) is -3.91. The Hall–Kier alpha value is -3.87. The highest BCUT2D eigenvalue weighted by Crippen LogP contribution is 2.31. The molecule has 3 aromatic carbocycles. The largest absolute Gasteiger partial charge is 0.348 e. The molecule has 0 radical (unpaired) electrons. The first kappa shape index (κ1) is 32.1. The second-order valence-corrected chi connectivity index (χ2v) is 13.1. The molecule has 4 rings (SSSR count). The van der Waals surface area contributed by atoms with Crippen molar-refractivity contribution in [2.75, 3.05) is 13.1 Å². The van der Waals surface area contributed by atoms with Gasteiger partial charge in [0.2, 0.25) is 15.8 Å². The third kappa shape index (κ3) is 8.59. The third-order valence-corrected chi connectivity index (χ3v) is 9.81. The number of rotatable bonds is 13. The van der Waals surface area contributed by atoms with Gasteiger partial charge in [0.1, 0.15) is 16.5 Å². The van der Waals surface area contributed by atoms with Gasteiger partial charge < -0.3 is 10.6 Å². The minimum absolute atomic E-state index is 0.0279. The summed E-state index contributed by atoms with van der Waals surface area (Å²) in [4.78, 5) is 50.5. The number of thiophene rings is 1. The van der Waals surface area contributed by atoms with Crippen LogP contribution < -0.4 is 15.4 Å². The summed E-state index contributed by atoms with van der Waals surface area (Å²) < 4.78 is 28.0. The molecule has 1 heterocycles. The maximum Gasteiger partial charge on any atom is 0.289 e. The van der Waals surface area contributed by atoms with E-state index in [2.05, 4.69) is 15.4 Å². The predicted molar refractivity (Wildman–Crippen MR) is 166 cm³/mol. The minimum Gasteiger partial charge on any atom is -0.348 e. The fourth-order valence-electron chi connectivity index (χ4n) is 4.03. The lowest BCUT2D eigenvalue weighted by atomic mass is 10.0. The molecule has 0 saturated carbocycles. The average Bonchev–Trinajstić information content (AvgIpc) is 3.52. The van der Waals surface area contributed by atoms with Crippen molar-refractivity contribution in [3.63, 3.8) is 0 Å². The zero-order valence-corrected chi connectivity index (χ0v) is 25.5. The van der Waals surface area contributed by atoms with Gasteiger partial charge in [-0.2, -0.15) is 0 Å². The van der Waals surface area contributed by atoms with E-state index in [-0.39, 0.29) is 39.3 Å². The maximum absolute atomic E-state index is 13.1. The van der Waals surface area contributed by atoms with Crippen LogP contribution in [0.15, 0.2) is 89.1 Å². The zero-order valence-electron chi connectivity index (χ0n) is 22.4. The Balaban J connectivity index is 1.37. The summed E-state index contributed by atoms with van der Waals surface area (Å²) in [5, 5.41) is 5.37. The molecule has 2 amide bonds. The number of hydrogen-bond donors (Lipinski definition) is 3. The van der Waals surface area contributed by atoms with Crippen molar-refractivity contribution in [2.24, 2.45) is 0 Å². The Labute approximate surface area is 262 Å². The molecule has 0 aliphatic carbocycles. The molecule has 3 N–H and O–H groups in total. The van der Waals surface area contributed by atoms with E-state index in [1.165, 1.54) is 24.3 Å². The van der Waals surface area contributed by atoms with Crippen LogP contribution in [0.3, 0.4) is 0 Å². The van der Waals surface area contributed by atoms with Gasteiger partial charge in [0, 0.05) is 35.0 Å². The molecule has 0 spiro atoms. The molecular weight excluding hydrogens is 633 g/mol. The van der Waals surface area contributed by atoms with E-state index in [0.717, 1.165) is 11.3 Å². The van der Waals surface area contributed by atoms with Crippen LogP contribution in [0.4, 0.5) is 0 Å². The van der Waals surface area contributed by atoms with E-state index < -0.39 is 33.7 Å². The number of benzene rings is 3. The lowest BCUT2D eigenvalue weighted by Gasteiger charge is -2.18. The summed E-state index contributed by atoms with van der Waals surface area (Å²) in [6.07, 6.45) is 0.738. The van der Waals surface area contributed by atoms with Crippen molar-refractivity contribution in [3.8, 4) is 10.4 Å². The molecule has 9 nitrogen and oxygen atoms in total. The lowest BCUT2D eigenvalue weighted by molar-refractivity contribution is -0.138. The predicted octanol–water partition coefficient (Wildman–Crippen LogP) is 4.54. The van der Waals surface area contributed by atoms with Crippen LogP contribution in [-0.2, 0) is 26.0 Å². The summed E-state index contributed by atoms with van der Waals surface area (Å²) in [5.74, 6) is -2.60. The highest BCUT2D eigenvalue weighted by Gasteiger charge is 2.28. The molecule has 0 fully saturated rings. The number of Topliss-reactive ketones (excluding diaryl/α,β-unsaturated/α-hetero) is 1. The minimum atomic E-state index is -3.91. The number of ketones is 1. The number of aldehydes is 1. The van der Waals surface area contributed by atoms with Crippen LogP contribution >= 0.6 is 34.5 Å². The van der Waals surface area contributed by atoms with Gasteiger partial charge in [0.05, 0.1) is 10.6 Å². The molecule has 4 aromatic rings. The first-order valence-electron chi connectivity index (χ1n) is 12.8. The van der Waals surface area contributed by atoms with Crippen molar-refractivity contribution in [2.45, 2.75) is 16.7 Å². The number of carbonyl (C=O) groups excluding carboxylic acids is 4. The van der Waals surface area contributed by atoms with Gasteiger partial charge in [0.15, 0.2) is 0 Å². The quantitative estimate of drug-likeness (QED) is 0.110. The molecule has 13 heteroatoms. The number of amides is 2. The lowest BCUT2D eigenvalue weighted by Crippen LogP contribution is -2.49. The Morgan fingerprint density at radius 2 is 1.65 bits per heavy atom. The van der Waals surface area contributed by atoms with Crippen LogP contribution in [0.5, 0.6) is 0 Å². The van der Waals surface area contributed by atoms with E-state index in [1.54, 1.807) is 60.7 Å². The Kier molecular flexibility index (Phi) is 10.8. The highest BCUT2D eigenvalue weighted by molar-refractivity contribution is 7.91. The van der Waals surface area contributed by atoms with Crippen LogP contribution in [0, 0.1) is 0 Å². The maximum atomic E-state index is 13.1. The van der Waals surface area contributed by atoms with Gasteiger partial charge in [-0.3, -0.25) is 19.2 Å². The highest BCUT2D eigenvalue weighted by atomic mass is 35.5. The molecule has 0 aliphatic rings. The van der Waals surface area contributed by atoms with Gasteiger partial charge in [-0.05, 0) is 47.5 Å². The number of carbonyl (C=O) groups is 4. The molecule has 0 aliphatic heterocycles. The second kappa shape index (κ2) is 14.5. The normalized spacial score (nSPS) is 11.9. The molecule has 222 valence electrons. The van der Waals surface area contributed by atoms with Gasteiger partial charge in [-0.1, -0.05) is 71.7 Å². The number of sulfonamides is 1. The van der Waals surface area contributed by atoms with E-state index in [1.807, 2.05) is 0 Å². The van der Waals surface area contributed by atoms with Crippen molar-refractivity contribution in [3.05, 3.63) is 112 Å². The second-order valence-electron chi connectivity index (χ2n) is 9.22.